The van der Waals surface area contributed by atoms with E-state index in [0.717, 1.165) is 0 Å². The number of aromatic hydroxyl groups is 1. The molecule has 1 amide bonds. The Hall–Kier alpha value is -2.44. The summed E-state index contributed by atoms with van der Waals surface area (Å²) >= 11 is 0. The number of hydrogen-bond donors (Lipinski definition) is 2. The van der Waals surface area contributed by atoms with Gasteiger partial charge in [0, 0.05) is 11.6 Å². The predicted octanol–water partition coefficient (Wildman–Crippen LogP) is 2.53. The number of ether oxygens (including phenoxy) is 3. The molecular formula is C16H23NO6. The van der Waals surface area contributed by atoms with Gasteiger partial charge < -0.3 is 24.6 Å². The second-order valence-electron chi connectivity index (χ2n) is 5.76. The molecule has 0 radical (unpaired) electrons. The van der Waals surface area contributed by atoms with E-state index in [0.29, 0.717) is 5.56 Å². The second kappa shape index (κ2) is 7.71. The number of hydrogen-bond acceptors (Lipinski definition) is 6. The van der Waals surface area contributed by atoms with E-state index in [9.17, 15) is 14.7 Å². The molecule has 0 aliphatic heterocycles. The van der Waals surface area contributed by atoms with Crippen molar-refractivity contribution in [2.24, 2.45) is 0 Å². The van der Waals surface area contributed by atoms with Crippen molar-refractivity contribution in [2.75, 3.05) is 13.7 Å². The van der Waals surface area contributed by atoms with Gasteiger partial charge in [-0.3, -0.25) is 0 Å². The zero-order chi connectivity index (χ0) is 17.6. The van der Waals surface area contributed by atoms with Crippen LogP contribution in [0.15, 0.2) is 18.2 Å². The van der Waals surface area contributed by atoms with Crippen LogP contribution >= 0.6 is 0 Å². The molecule has 0 aromatic heterocycles. The van der Waals surface area contributed by atoms with Crippen molar-refractivity contribution in [1.29, 1.82) is 0 Å². The summed E-state index contributed by atoms with van der Waals surface area (Å²) in [6.07, 6.45) is -0.759. The molecule has 0 spiro atoms. The third-order valence-corrected chi connectivity index (χ3v) is 2.71. The van der Waals surface area contributed by atoms with Gasteiger partial charge in [0.15, 0.2) is 6.04 Å². The normalized spacial score (nSPS) is 12.2. The Morgan fingerprint density at radius 3 is 2.48 bits per heavy atom. The number of phenolic OH excluding ortho intramolecular Hbond substituents is 1. The number of nitrogens with one attached hydrogen (secondary N) is 1. The van der Waals surface area contributed by atoms with E-state index in [1.54, 1.807) is 27.7 Å². The maximum Gasteiger partial charge on any atom is 0.408 e. The van der Waals surface area contributed by atoms with Gasteiger partial charge in [0.25, 0.3) is 0 Å². The van der Waals surface area contributed by atoms with E-state index in [-0.39, 0.29) is 18.1 Å². The van der Waals surface area contributed by atoms with Crippen LogP contribution in [0.1, 0.15) is 39.3 Å². The molecule has 0 heterocycles. The lowest BCUT2D eigenvalue weighted by Gasteiger charge is -2.24. The molecule has 1 aromatic rings. The Labute approximate surface area is 135 Å². The maximum absolute atomic E-state index is 12.2. The Morgan fingerprint density at radius 2 is 1.96 bits per heavy atom. The third-order valence-electron chi connectivity index (χ3n) is 2.71. The van der Waals surface area contributed by atoms with Gasteiger partial charge in [-0.05, 0) is 39.8 Å². The van der Waals surface area contributed by atoms with Gasteiger partial charge in [-0.1, -0.05) is 0 Å². The molecule has 7 nitrogen and oxygen atoms in total. The molecule has 0 saturated carbocycles. The first-order valence-corrected chi connectivity index (χ1v) is 7.21. The lowest BCUT2D eigenvalue weighted by Crippen LogP contribution is -2.39. The summed E-state index contributed by atoms with van der Waals surface area (Å²) in [7, 11) is 1.40. The standard InChI is InChI=1S/C16H23NO6/c1-6-22-14(19)13(17-15(20)23-16(2,3)4)11-8-7-10(18)9-12(11)21-5/h7-9,13,18H,6H2,1-5H3,(H,17,20). The van der Waals surface area contributed by atoms with Gasteiger partial charge in [-0.2, -0.15) is 0 Å². The molecule has 0 aliphatic carbocycles. The summed E-state index contributed by atoms with van der Waals surface area (Å²) in [5.41, 5.74) is -0.350. The average Bonchev–Trinajstić information content (AvgIpc) is 2.43. The summed E-state index contributed by atoms with van der Waals surface area (Å²) in [5.74, 6) is -0.424. The molecule has 0 bridgehead atoms. The largest absolute Gasteiger partial charge is 0.508 e. The smallest absolute Gasteiger partial charge is 0.408 e. The lowest BCUT2D eigenvalue weighted by atomic mass is 10.1. The number of alkyl carbamates (subject to hydrolysis) is 1. The molecule has 0 aliphatic rings. The van der Waals surface area contributed by atoms with Crippen LogP contribution in [0.2, 0.25) is 0 Å². The number of esters is 1. The number of methoxy groups -OCH3 is 1. The van der Waals surface area contributed by atoms with Gasteiger partial charge >= 0.3 is 12.1 Å². The number of carbonyl (C=O) groups is 2. The SMILES string of the molecule is CCOC(=O)C(NC(=O)OC(C)(C)C)c1ccc(O)cc1OC. The van der Waals surface area contributed by atoms with Gasteiger partial charge in [-0.25, -0.2) is 9.59 Å². The van der Waals surface area contributed by atoms with Crippen LogP contribution in [0.25, 0.3) is 0 Å². The lowest BCUT2D eigenvalue weighted by molar-refractivity contribution is -0.145. The molecule has 23 heavy (non-hydrogen) atoms. The molecule has 1 atom stereocenters. The first-order valence-electron chi connectivity index (χ1n) is 7.21. The van der Waals surface area contributed by atoms with Crippen LogP contribution in [-0.2, 0) is 14.3 Å². The van der Waals surface area contributed by atoms with E-state index < -0.39 is 23.7 Å². The van der Waals surface area contributed by atoms with Crippen molar-refractivity contribution in [2.45, 2.75) is 39.3 Å². The highest BCUT2D eigenvalue weighted by atomic mass is 16.6. The third kappa shape index (κ3) is 5.69. The van der Waals surface area contributed by atoms with Crippen LogP contribution < -0.4 is 10.1 Å². The summed E-state index contributed by atoms with van der Waals surface area (Å²) in [5, 5.41) is 12.0. The Balaban J connectivity index is 3.11. The van der Waals surface area contributed by atoms with Crippen molar-refractivity contribution in [1.82, 2.24) is 5.32 Å². The molecular weight excluding hydrogens is 302 g/mol. The van der Waals surface area contributed by atoms with Crippen LogP contribution in [0, 0.1) is 0 Å². The number of rotatable bonds is 5. The van der Waals surface area contributed by atoms with Gasteiger partial charge in [0.2, 0.25) is 0 Å². The Morgan fingerprint density at radius 1 is 1.30 bits per heavy atom. The van der Waals surface area contributed by atoms with Crippen molar-refractivity contribution >= 4 is 12.1 Å². The average molecular weight is 325 g/mol. The van der Waals surface area contributed by atoms with E-state index in [2.05, 4.69) is 5.32 Å². The topological polar surface area (TPSA) is 94.1 Å². The highest BCUT2D eigenvalue weighted by molar-refractivity contribution is 5.83. The molecule has 128 valence electrons. The van der Waals surface area contributed by atoms with Gasteiger partial charge in [0.1, 0.15) is 17.1 Å². The quantitative estimate of drug-likeness (QED) is 0.808. The van der Waals surface area contributed by atoms with Crippen LogP contribution in [-0.4, -0.2) is 36.5 Å². The van der Waals surface area contributed by atoms with Crippen LogP contribution in [0.4, 0.5) is 4.79 Å². The minimum absolute atomic E-state index is 0.0227. The molecule has 1 rings (SSSR count). The van der Waals surface area contributed by atoms with Crippen LogP contribution in [0.5, 0.6) is 11.5 Å². The van der Waals surface area contributed by atoms with E-state index >= 15 is 0 Å². The minimum Gasteiger partial charge on any atom is -0.508 e. The first kappa shape index (κ1) is 18.6. The fourth-order valence-corrected chi connectivity index (χ4v) is 1.85. The summed E-state index contributed by atoms with van der Waals surface area (Å²) in [4.78, 5) is 24.2. The molecule has 7 heteroatoms. The molecule has 1 aromatic carbocycles. The number of benzene rings is 1. The first-order chi connectivity index (χ1) is 10.7. The number of carbonyl (C=O) groups excluding carboxylic acids is 2. The number of phenols is 1. The minimum atomic E-state index is -1.11. The fraction of sp³-hybridized carbons (Fsp3) is 0.500. The molecule has 0 fully saturated rings. The van der Waals surface area contributed by atoms with E-state index in [1.165, 1.54) is 25.3 Å². The van der Waals surface area contributed by atoms with Crippen molar-refractivity contribution in [3.8, 4) is 11.5 Å². The predicted molar refractivity (Wildman–Crippen MR) is 83.4 cm³/mol. The maximum atomic E-state index is 12.2. The molecule has 0 saturated heterocycles. The monoisotopic (exact) mass is 325 g/mol. The van der Waals surface area contributed by atoms with Crippen molar-refractivity contribution < 1.29 is 28.9 Å². The van der Waals surface area contributed by atoms with E-state index in [1.807, 2.05) is 0 Å². The van der Waals surface area contributed by atoms with Crippen LogP contribution in [0.3, 0.4) is 0 Å². The summed E-state index contributed by atoms with van der Waals surface area (Å²) in [6.45, 7) is 6.97. The van der Waals surface area contributed by atoms with Gasteiger partial charge in [0.05, 0.1) is 13.7 Å². The molecule has 1 unspecified atom stereocenters. The fourth-order valence-electron chi connectivity index (χ4n) is 1.85. The van der Waals surface area contributed by atoms with E-state index in [4.69, 9.17) is 14.2 Å². The number of amides is 1. The highest BCUT2D eigenvalue weighted by Gasteiger charge is 2.29. The highest BCUT2D eigenvalue weighted by Crippen LogP contribution is 2.30. The Kier molecular flexibility index (Phi) is 6.24. The zero-order valence-electron chi connectivity index (χ0n) is 14.0. The van der Waals surface area contributed by atoms with Crippen molar-refractivity contribution in [3.05, 3.63) is 23.8 Å². The summed E-state index contributed by atoms with van der Waals surface area (Å²) in [6, 6.07) is 3.10. The van der Waals surface area contributed by atoms with Crippen molar-refractivity contribution in [3.63, 3.8) is 0 Å². The Bertz CT molecular complexity index is 564. The van der Waals surface area contributed by atoms with Gasteiger partial charge in [-0.15, -0.1) is 0 Å². The molecule has 2 N–H and O–H groups in total. The second-order valence-corrected chi connectivity index (χ2v) is 5.76. The zero-order valence-corrected chi connectivity index (χ0v) is 14.0. The summed E-state index contributed by atoms with van der Waals surface area (Å²) < 4.78 is 15.3.